The summed E-state index contributed by atoms with van der Waals surface area (Å²) < 4.78 is 5.42. The van der Waals surface area contributed by atoms with Crippen molar-refractivity contribution in [2.24, 2.45) is 4.99 Å². The topological polar surface area (TPSA) is 48.9 Å². The number of rotatable bonds is 7. The summed E-state index contributed by atoms with van der Waals surface area (Å²) in [6, 6.07) is 19.2. The molecule has 2 aromatic rings. The van der Waals surface area contributed by atoms with Crippen LogP contribution in [0.15, 0.2) is 64.5 Å². The van der Waals surface area contributed by atoms with Crippen molar-refractivity contribution < 1.29 is 4.74 Å². The number of ether oxygens (including phenoxy) is 1. The molecule has 0 spiro atoms. The average Bonchev–Trinajstić information content (AvgIpc) is 2.75. The fraction of sp³-hybridized carbons (Fsp3) is 0.409. The van der Waals surface area contributed by atoms with Gasteiger partial charge in [-0.3, -0.25) is 4.99 Å². The molecule has 1 atom stereocenters. The first-order chi connectivity index (χ1) is 13.7. The molecule has 1 heterocycles. The Morgan fingerprint density at radius 3 is 2.41 bits per heavy atom. The maximum atomic E-state index is 5.42. The highest BCUT2D eigenvalue weighted by atomic mass is 127. The van der Waals surface area contributed by atoms with E-state index in [-0.39, 0.29) is 24.0 Å². The second kappa shape index (κ2) is 13.0. The highest BCUT2D eigenvalue weighted by Crippen LogP contribution is 2.22. The van der Waals surface area contributed by atoms with Crippen LogP contribution in [-0.2, 0) is 11.3 Å². The maximum Gasteiger partial charge on any atom is 0.191 e. The normalized spacial score (nSPS) is 15.4. The first-order valence-corrected chi connectivity index (χ1v) is 10.7. The lowest BCUT2D eigenvalue weighted by molar-refractivity contribution is 0.122. The standard InChI is InChI=1S/C22H30N4OS.HI/c1-18(28-21-6-4-3-5-7-21)16-24-22(23-2)25-17-19-8-10-20(11-9-19)26-12-14-27-15-13-26;/h3-11,18H,12-17H2,1-2H3,(H2,23,24,25);1H. The van der Waals surface area contributed by atoms with Crippen LogP contribution in [0.4, 0.5) is 5.69 Å². The summed E-state index contributed by atoms with van der Waals surface area (Å²) >= 11 is 1.87. The predicted molar refractivity (Wildman–Crippen MR) is 135 cm³/mol. The zero-order valence-corrected chi connectivity index (χ0v) is 20.3. The molecule has 29 heavy (non-hydrogen) atoms. The van der Waals surface area contributed by atoms with Crippen LogP contribution in [0.5, 0.6) is 0 Å². The molecular formula is C22H31IN4OS. The van der Waals surface area contributed by atoms with Crippen LogP contribution in [0, 0.1) is 0 Å². The van der Waals surface area contributed by atoms with Crippen molar-refractivity contribution in [3.05, 3.63) is 60.2 Å². The van der Waals surface area contributed by atoms with E-state index < -0.39 is 0 Å². The van der Waals surface area contributed by atoms with E-state index in [9.17, 15) is 0 Å². The number of thioether (sulfide) groups is 1. The third-order valence-corrected chi connectivity index (χ3v) is 5.75. The van der Waals surface area contributed by atoms with E-state index in [2.05, 4.69) is 76.0 Å². The van der Waals surface area contributed by atoms with E-state index in [0.717, 1.165) is 45.4 Å². The lowest BCUT2D eigenvalue weighted by Gasteiger charge is -2.29. The molecule has 0 radical (unpaired) electrons. The second-order valence-corrected chi connectivity index (χ2v) is 8.33. The predicted octanol–water partition coefficient (Wildman–Crippen LogP) is 3.99. The fourth-order valence-corrected chi connectivity index (χ4v) is 4.01. The van der Waals surface area contributed by atoms with Gasteiger partial charge < -0.3 is 20.3 Å². The molecule has 3 rings (SSSR count). The van der Waals surface area contributed by atoms with Crippen LogP contribution in [0.3, 0.4) is 0 Å². The Bertz CT molecular complexity index is 736. The Hall–Kier alpha value is -1.45. The third kappa shape index (κ3) is 8.06. The summed E-state index contributed by atoms with van der Waals surface area (Å²) in [6.07, 6.45) is 0. The average molecular weight is 526 g/mol. The zero-order chi connectivity index (χ0) is 19.6. The van der Waals surface area contributed by atoms with E-state index in [1.165, 1.54) is 16.1 Å². The quantitative estimate of drug-likeness (QED) is 0.248. The van der Waals surface area contributed by atoms with E-state index in [1.54, 1.807) is 0 Å². The number of hydrogen-bond donors (Lipinski definition) is 2. The van der Waals surface area contributed by atoms with Gasteiger partial charge in [-0.1, -0.05) is 37.3 Å². The largest absolute Gasteiger partial charge is 0.378 e. The monoisotopic (exact) mass is 526 g/mol. The van der Waals surface area contributed by atoms with Gasteiger partial charge in [0.1, 0.15) is 0 Å². The number of benzene rings is 2. The van der Waals surface area contributed by atoms with Crippen LogP contribution < -0.4 is 15.5 Å². The Labute approximate surface area is 195 Å². The highest BCUT2D eigenvalue weighted by molar-refractivity contribution is 14.0. The van der Waals surface area contributed by atoms with Crippen molar-refractivity contribution >= 4 is 47.4 Å². The molecule has 0 amide bonds. The van der Waals surface area contributed by atoms with Crippen LogP contribution in [0.25, 0.3) is 0 Å². The van der Waals surface area contributed by atoms with Gasteiger partial charge in [-0.25, -0.2) is 0 Å². The SMILES string of the molecule is CN=C(NCc1ccc(N2CCOCC2)cc1)NCC(C)Sc1ccccc1.I. The van der Waals surface area contributed by atoms with Gasteiger partial charge in [0, 0.05) is 49.1 Å². The molecule has 1 fully saturated rings. The highest BCUT2D eigenvalue weighted by Gasteiger charge is 2.11. The van der Waals surface area contributed by atoms with Crippen LogP contribution in [-0.4, -0.2) is 51.1 Å². The van der Waals surface area contributed by atoms with Crippen LogP contribution in [0.1, 0.15) is 12.5 Å². The van der Waals surface area contributed by atoms with Gasteiger partial charge in [0.05, 0.1) is 13.2 Å². The van der Waals surface area contributed by atoms with Crippen molar-refractivity contribution in [1.82, 2.24) is 10.6 Å². The van der Waals surface area contributed by atoms with Crippen molar-refractivity contribution in [1.29, 1.82) is 0 Å². The Kier molecular flexibility index (Phi) is 10.7. The molecular weight excluding hydrogens is 495 g/mol. The number of nitrogens with one attached hydrogen (secondary N) is 2. The van der Waals surface area contributed by atoms with Gasteiger partial charge >= 0.3 is 0 Å². The van der Waals surface area contributed by atoms with Gasteiger partial charge in [0.25, 0.3) is 0 Å². The number of hydrogen-bond acceptors (Lipinski definition) is 4. The van der Waals surface area contributed by atoms with Crippen LogP contribution >= 0.6 is 35.7 Å². The Balaban J connectivity index is 0.00000300. The van der Waals surface area contributed by atoms with Crippen molar-refractivity contribution in [3.8, 4) is 0 Å². The molecule has 1 aliphatic heterocycles. The third-order valence-electron chi connectivity index (χ3n) is 4.63. The number of aliphatic imine (C=N–C) groups is 1. The van der Waals surface area contributed by atoms with Gasteiger partial charge in [0.15, 0.2) is 5.96 Å². The summed E-state index contributed by atoms with van der Waals surface area (Å²) in [5.41, 5.74) is 2.51. The molecule has 1 saturated heterocycles. The molecule has 2 aromatic carbocycles. The zero-order valence-electron chi connectivity index (χ0n) is 17.1. The number of nitrogens with zero attached hydrogens (tertiary/aromatic N) is 2. The number of morpholine rings is 1. The smallest absolute Gasteiger partial charge is 0.191 e. The van der Waals surface area contributed by atoms with Crippen molar-refractivity contribution in [2.75, 3.05) is 44.8 Å². The number of halogens is 1. The van der Waals surface area contributed by atoms with Crippen molar-refractivity contribution in [3.63, 3.8) is 0 Å². The van der Waals surface area contributed by atoms with E-state index >= 15 is 0 Å². The molecule has 0 saturated carbocycles. The molecule has 0 aromatic heterocycles. The van der Waals surface area contributed by atoms with Gasteiger partial charge in [-0.05, 0) is 29.8 Å². The van der Waals surface area contributed by atoms with Gasteiger partial charge in [0.2, 0.25) is 0 Å². The summed E-state index contributed by atoms with van der Waals surface area (Å²) in [4.78, 5) is 8.00. The van der Waals surface area contributed by atoms with E-state index in [1.807, 2.05) is 24.9 Å². The minimum atomic E-state index is 0. The summed E-state index contributed by atoms with van der Waals surface area (Å²) in [7, 11) is 1.81. The minimum absolute atomic E-state index is 0. The molecule has 0 aliphatic carbocycles. The molecule has 1 aliphatic rings. The second-order valence-electron chi connectivity index (χ2n) is 6.81. The van der Waals surface area contributed by atoms with Gasteiger partial charge in [-0.15, -0.1) is 35.7 Å². The Morgan fingerprint density at radius 1 is 1.07 bits per heavy atom. The molecule has 7 heteroatoms. The van der Waals surface area contributed by atoms with E-state index in [0.29, 0.717) is 5.25 Å². The molecule has 0 bridgehead atoms. The molecule has 1 unspecified atom stereocenters. The number of anilines is 1. The van der Waals surface area contributed by atoms with E-state index in [4.69, 9.17) is 4.74 Å². The maximum absolute atomic E-state index is 5.42. The molecule has 5 nitrogen and oxygen atoms in total. The Morgan fingerprint density at radius 2 is 1.76 bits per heavy atom. The first kappa shape index (κ1) is 23.8. The lowest BCUT2D eigenvalue weighted by atomic mass is 10.2. The summed E-state index contributed by atoms with van der Waals surface area (Å²) in [5.74, 6) is 0.831. The fourth-order valence-electron chi connectivity index (χ4n) is 3.07. The summed E-state index contributed by atoms with van der Waals surface area (Å²) in [5, 5.41) is 7.27. The molecule has 2 N–H and O–H groups in total. The number of guanidine groups is 1. The van der Waals surface area contributed by atoms with Crippen molar-refractivity contribution in [2.45, 2.75) is 23.6 Å². The minimum Gasteiger partial charge on any atom is -0.378 e. The lowest BCUT2D eigenvalue weighted by Crippen LogP contribution is -2.39. The van der Waals surface area contributed by atoms with Gasteiger partial charge in [-0.2, -0.15) is 0 Å². The molecule has 158 valence electrons. The van der Waals surface area contributed by atoms with Crippen LogP contribution in [0.2, 0.25) is 0 Å². The summed E-state index contributed by atoms with van der Waals surface area (Å²) in [6.45, 7) is 7.39. The first-order valence-electron chi connectivity index (χ1n) is 9.82.